The first kappa shape index (κ1) is 21.4. The van der Waals surface area contributed by atoms with Crippen molar-refractivity contribution in [1.82, 2.24) is 19.5 Å². The number of hydrogen-bond acceptors (Lipinski definition) is 7. The molecule has 0 atom stereocenters. The smallest absolute Gasteiger partial charge is 0.224 e. The zero-order valence-corrected chi connectivity index (χ0v) is 18.8. The monoisotopic (exact) mass is 456 g/mol. The van der Waals surface area contributed by atoms with E-state index < -0.39 is 0 Å². The third-order valence-corrected chi connectivity index (χ3v) is 6.74. The molecule has 32 heavy (non-hydrogen) atoms. The van der Waals surface area contributed by atoms with Gasteiger partial charge in [-0.3, -0.25) is 4.57 Å². The van der Waals surface area contributed by atoms with Crippen LogP contribution in [0.4, 0.5) is 17.6 Å². The van der Waals surface area contributed by atoms with Gasteiger partial charge in [-0.25, -0.2) is 9.97 Å². The maximum Gasteiger partial charge on any atom is 0.224 e. The van der Waals surface area contributed by atoms with Gasteiger partial charge in [0.15, 0.2) is 5.65 Å². The standard InChI is InChI=1S/C23H29ClN6O2/c24-16-2-1-3-18(12-16)27-23-28-20-13-25-22(26-17-8-10-32-11-9-17)29-21(20)30(23)19-6-4-15(14-31)5-7-19/h1-3,12-13,15,17,19,31H,4-11,14H2,(H,27,28)(H,25,26,29)/t15-,19+. The van der Waals surface area contributed by atoms with Crippen molar-refractivity contribution in [2.45, 2.75) is 50.6 Å². The first-order chi connectivity index (χ1) is 15.7. The Kier molecular flexibility index (Phi) is 6.43. The minimum Gasteiger partial charge on any atom is -0.396 e. The van der Waals surface area contributed by atoms with E-state index in [2.05, 4.69) is 20.2 Å². The van der Waals surface area contributed by atoms with Crippen LogP contribution < -0.4 is 10.6 Å². The van der Waals surface area contributed by atoms with Crippen molar-refractivity contribution in [3.05, 3.63) is 35.5 Å². The third kappa shape index (κ3) is 4.67. The summed E-state index contributed by atoms with van der Waals surface area (Å²) in [7, 11) is 0. The minimum atomic E-state index is 0.256. The van der Waals surface area contributed by atoms with E-state index in [1.54, 1.807) is 6.20 Å². The molecule has 3 aromatic rings. The first-order valence-corrected chi connectivity index (χ1v) is 11.8. The number of aliphatic hydroxyl groups excluding tert-OH is 1. The zero-order valence-electron chi connectivity index (χ0n) is 18.0. The van der Waals surface area contributed by atoms with Crippen molar-refractivity contribution in [2.24, 2.45) is 5.92 Å². The highest BCUT2D eigenvalue weighted by atomic mass is 35.5. The number of anilines is 3. The van der Waals surface area contributed by atoms with Crippen molar-refractivity contribution in [3.8, 4) is 0 Å². The van der Waals surface area contributed by atoms with Crippen molar-refractivity contribution in [2.75, 3.05) is 30.5 Å². The summed E-state index contributed by atoms with van der Waals surface area (Å²) in [4.78, 5) is 14.2. The second-order valence-electron chi connectivity index (χ2n) is 8.73. The Morgan fingerprint density at radius 1 is 1.09 bits per heavy atom. The van der Waals surface area contributed by atoms with Gasteiger partial charge < -0.3 is 20.5 Å². The second kappa shape index (κ2) is 9.60. The van der Waals surface area contributed by atoms with Gasteiger partial charge >= 0.3 is 0 Å². The maximum atomic E-state index is 9.57. The molecule has 2 aromatic heterocycles. The number of imidazole rings is 1. The zero-order chi connectivity index (χ0) is 21.9. The summed E-state index contributed by atoms with van der Waals surface area (Å²) in [6, 6.07) is 8.21. The highest BCUT2D eigenvalue weighted by Gasteiger charge is 2.27. The predicted molar refractivity (Wildman–Crippen MR) is 126 cm³/mol. The summed E-state index contributed by atoms with van der Waals surface area (Å²) in [5, 5.41) is 17.1. The molecule has 0 spiro atoms. The molecule has 0 radical (unpaired) electrons. The molecule has 1 aliphatic carbocycles. The number of benzene rings is 1. The number of aromatic nitrogens is 4. The predicted octanol–water partition coefficient (Wildman–Crippen LogP) is 4.54. The lowest BCUT2D eigenvalue weighted by atomic mass is 9.86. The topological polar surface area (TPSA) is 97.1 Å². The van der Waals surface area contributed by atoms with E-state index in [0.717, 1.165) is 74.5 Å². The van der Waals surface area contributed by atoms with Crippen LogP contribution in [0.5, 0.6) is 0 Å². The van der Waals surface area contributed by atoms with Crippen molar-refractivity contribution in [3.63, 3.8) is 0 Å². The summed E-state index contributed by atoms with van der Waals surface area (Å²) < 4.78 is 7.67. The molecule has 2 aliphatic rings. The number of ether oxygens (including phenoxy) is 1. The van der Waals surface area contributed by atoms with Gasteiger partial charge in [-0.05, 0) is 62.6 Å². The SMILES string of the molecule is OC[C@H]1CC[C@@H](n2c(Nc3cccc(Cl)c3)nc3cnc(NC4CCOCC4)nc32)CC1. The highest BCUT2D eigenvalue weighted by molar-refractivity contribution is 6.30. The molecule has 1 saturated heterocycles. The molecule has 5 rings (SSSR count). The van der Waals surface area contributed by atoms with E-state index >= 15 is 0 Å². The molecule has 170 valence electrons. The minimum absolute atomic E-state index is 0.256. The lowest BCUT2D eigenvalue weighted by molar-refractivity contribution is 0.0903. The largest absolute Gasteiger partial charge is 0.396 e. The Labute approximate surface area is 192 Å². The van der Waals surface area contributed by atoms with Gasteiger partial charge in [0.2, 0.25) is 11.9 Å². The quantitative estimate of drug-likeness (QED) is 0.501. The van der Waals surface area contributed by atoms with E-state index in [1.165, 1.54) is 0 Å². The normalized spacial score (nSPS) is 22.2. The first-order valence-electron chi connectivity index (χ1n) is 11.4. The van der Waals surface area contributed by atoms with Crippen molar-refractivity contribution >= 4 is 40.3 Å². The summed E-state index contributed by atoms with van der Waals surface area (Å²) >= 11 is 6.19. The van der Waals surface area contributed by atoms with Crippen LogP contribution in [0.2, 0.25) is 5.02 Å². The number of halogens is 1. The molecule has 1 aliphatic heterocycles. The second-order valence-corrected chi connectivity index (χ2v) is 9.17. The van der Waals surface area contributed by atoms with Crippen LogP contribution in [0, 0.1) is 5.92 Å². The summed E-state index contributed by atoms with van der Waals surface area (Å²) in [6.45, 7) is 1.78. The van der Waals surface area contributed by atoms with Crippen LogP contribution in [0.1, 0.15) is 44.6 Å². The number of aliphatic hydroxyl groups is 1. The van der Waals surface area contributed by atoms with Gasteiger partial charge in [0, 0.05) is 42.6 Å². The lowest BCUT2D eigenvalue weighted by Gasteiger charge is -2.29. The van der Waals surface area contributed by atoms with Crippen LogP contribution in [-0.4, -0.2) is 50.5 Å². The molecule has 0 amide bonds. The van der Waals surface area contributed by atoms with Crippen LogP contribution in [-0.2, 0) is 4.74 Å². The molecule has 0 bridgehead atoms. The van der Waals surface area contributed by atoms with Crippen molar-refractivity contribution < 1.29 is 9.84 Å². The fourth-order valence-corrected chi connectivity index (χ4v) is 4.89. The number of nitrogens with zero attached hydrogens (tertiary/aromatic N) is 4. The van der Waals surface area contributed by atoms with E-state index in [-0.39, 0.29) is 12.6 Å². The van der Waals surface area contributed by atoms with Gasteiger partial charge in [-0.1, -0.05) is 17.7 Å². The van der Waals surface area contributed by atoms with Gasteiger partial charge in [-0.15, -0.1) is 0 Å². The Balaban J connectivity index is 1.49. The molecular weight excluding hydrogens is 428 g/mol. The fraction of sp³-hybridized carbons (Fsp3) is 0.522. The molecule has 1 saturated carbocycles. The Bertz CT molecular complexity index is 1060. The van der Waals surface area contributed by atoms with Crippen LogP contribution >= 0.6 is 11.6 Å². The Hall–Kier alpha value is -2.42. The molecule has 9 heteroatoms. The maximum absolute atomic E-state index is 9.57. The van der Waals surface area contributed by atoms with E-state index in [9.17, 15) is 5.11 Å². The van der Waals surface area contributed by atoms with Gasteiger partial charge in [0.1, 0.15) is 5.52 Å². The molecule has 3 N–H and O–H groups in total. The lowest BCUT2D eigenvalue weighted by Crippen LogP contribution is -2.28. The fourth-order valence-electron chi connectivity index (χ4n) is 4.70. The molecular formula is C23H29ClN6O2. The summed E-state index contributed by atoms with van der Waals surface area (Å²) in [5.74, 6) is 1.75. The number of nitrogens with one attached hydrogen (secondary N) is 2. The van der Waals surface area contributed by atoms with Crippen molar-refractivity contribution in [1.29, 1.82) is 0 Å². The van der Waals surface area contributed by atoms with Crippen LogP contribution in [0.15, 0.2) is 30.5 Å². The molecule has 0 unspecified atom stereocenters. The van der Waals surface area contributed by atoms with Gasteiger partial charge in [-0.2, -0.15) is 4.98 Å². The average Bonchev–Trinajstić information content (AvgIpc) is 3.17. The number of hydrogen-bond donors (Lipinski definition) is 3. The molecule has 8 nitrogen and oxygen atoms in total. The van der Waals surface area contributed by atoms with E-state index in [1.807, 2.05) is 24.3 Å². The Morgan fingerprint density at radius 3 is 2.66 bits per heavy atom. The average molecular weight is 457 g/mol. The molecule has 1 aromatic carbocycles. The Morgan fingerprint density at radius 2 is 1.91 bits per heavy atom. The third-order valence-electron chi connectivity index (χ3n) is 6.51. The van der Waals surface area contributed by atoms with E-state index in [0.29, 0.717) is 22.9 Å². The number of fused-ring (bicyclic) bond motifs is 1. The summed E-state index contributed by atoms with van der Waals surface area (Å²) in [6.07, 6.45) is 7.65. The van der Waals surface area contributed by atoms with E-state index in [4.69, 9.17) is 26.3 Å². The molecule has 3 heterocycles. The van der Waals surface area contributed by atoms with Crippen LogP contribution in [0.25, 0.3) is 11.2 Å². The molecule has 2 fully saturated rings. The number of rotatable bonds is 6. The summed E-state index contributed by atoms with van der Waals surface area (Å²) in [5.41, 5.74) is 2.47. The van der Waals surface area contributed by atoms with Gasteiger partial charge in [0.25, 0.3) is 0 Å². The van der Waals surface area contributed by atoms with Crippen LogP contribution in [0.3, 0.4) is 0 Å². The van der Waals surface area contributed by atoms with Gasteiger partial charge in [0.05, 0.1) is 6.20 Å². The highest BCUT2D eigenvalue weighted by Crippen LogP contribution is 2.37.